The van der Waals surface area contributed by atoms with Crippen LogP contribution in [0.5, 0.6) is 0 Å². The van der Waals surface area contributed by atoms with Gasteiger partial charge in [0.15, 0.2) is 5.76 Å². The van der Waals surface area contributed by atoms with Crippen LogP contribution in [-0.2, 0) is 0 Å². The second-order valence-electron chi connectivity index (χ2n) is 4.31. The molecule has 0 aliphatic carbocycles. The van der Waals surface area contributed by atoms with E-state index in [-0.39, 0.29) is 11.6 Å². The van der Waals surface area contributed by atoms with E-state index in [1.807, 2.05) is 0 Å². The van der Waals surface area contributed by atoms with Gasteiger partial charge in [-0.3, -0.25) is 14.9 Å². The molecule has 0 saturated carbocycles. The number of hydrogen-bond acceptors (Lipinski definition) is 5. The second kappa shape index (κ2) is 7.60. The fraction of sp³-hybridized carbons (Fsp3) is 0.214. The first-order valence-electron chi connectivity index (χ1n) is 6.47. The molecule has 1 aromatic heterocycles. The third-order valence-corrected chi connectivity index (χ3v) is 3.78. The molecule has 2 aromatic rings. The first kappa shape index (κ1) is 16.0. The second-order valence-corrected chi connectivity index (χ2v) is 5.48. The van der Waals surface area contributed by atoms with E-state index >= 15 is 0 Å². The lowest BCUT2D eigenvalue weighted by Crippen LogP contribution is -2.24. The summed E-state index contributed by atoms with van der Waals surface area (Å²) in [4.78, 5) is 22.4. The van der Waals surface area contributed by atoms with Crippen LogP contribution in [-0.4, -0.2) is 23.1 Å². The number of carbonyl (C=O) groups is 1. The van der Waals surface area contributed by atoms with Crippen molar-refractivity contribution in [3.05, 3.63) is 58.1 Å². The lowest BCUT2D eigenvalue weighted by Gasteiger charge is -2.03. The molecule has 0 radical (unpaired) electrons. The summed E-state index contributed by atoms with van der Waals surface area (Å²) in [6.07, 6.45) is 0.705. The summed E-state index contributed by atoms with van der Waals surface area (Å²) >= 11 is 1.55. The molecule has 0 aliphatic rings. The van der Waals surface area contributed by atoms with Gasteiger partial charge in [0, 0.05) is 11.4 Å². The molecule has 1 N–H and O–H groups in total. The van der Waals surface area contributed by atoms with E-state index in [2.05, 4.69) is 5.32 Å². The summed E-state index contributed by atoms with van der Waals surface area (Å²) < 4.78 is 17.5. The summed E-state index contributed by atoms with van der Waals surface area (Å²) in [6, 6.07) is 8.59. The highest BCUT2D eigenvalue weighted by atomic mass is 32.2. The number of benzene rings is 1. The van der Waals surface area contributed by atoms with Crippen molar-refractivity contribution in [2.24, 2.45) is 0 Å². The topological polar surface area (TPSA) is 85.4 Å². The van der Waals surface area contributed by atoms with Gasteiger partial charge in [0.05, 0.1) is 6.07 Å². The Morgan fingerprint density at radius 1 is 1.27 bits per heavy atom. The van der Waals surface area contributed by atoms with Gasteiger partial charge in [0.25, 0.3) is 5.91 Å². The van der Waals surface area contributed by atoms with Crippen molar-refractivity contribution in [3.8, 4) is 0 Å². The van der Waals surface area contributed by atoms with Crippen molar-refractivity contribution in [2.75, 3.05) is 12.3 Å². The monoisotopic (exact) mass is 324 g/mol. The minimum absolute atomic E-state index is 0.0853. The zero-order valence-electron chi connectivity index (χ0n) is 11.5. The zero-order chi connectivity index (χ0) is 15.9. The molecule has 22 heavy (non-hydrogen) atoms. The predicted molar refractivity (Wildman–Crippen MR) is 79.4 cm³/mol. The van der Waals surface area contributed by atoms with E-state index in [0.717, 1.165) is 16.7 Å². The standard InChI is InChI=1S/C14H13FN2O4S/c15-10-2-4-11(5-3-10)22-9-1-8-16-14(18)12-6-7-13(21-12)17(19)20/h2-7H,1,8-9H2,(H,16,18). The number of nitrogens with zero attached hydrogens (tertiary/aromatic N) is 1. The van der Waals surface area contributed by atoms with Gasteiger partial charge < -0.3 is 9.73 Å². The molecule has 0 fully saturated rings. The van der Waals surface area contributed by atoms with Gasteiger partial charge in [-0.05, 0) is 42.5 Å². The molecule has 0 aliphatic heterocycles. The van der Waals surface area contributed by atoms with Crippen LogP contribution in [0, 0.1) is 15.9 Å². The Morgan fingerprint density at radius 2 is 2.00 bits per heavy atom. The molecule has 1 amide bonds. The van der Waals surface area contributed by atoms with Crippen molar-refractivity contribution in [1.82, 2.24) is 5.32 Å². The molecule has 0 atom stereocenters. The number of thioether (sulfide) groups is 1. The number of carbonyl (C=O) groups excluding carboxylic acids is 1. The minimum Gasteiger partial charge on any atom is -0.395 e. The van der Waals surface area contributed by atoms with Crippen LogP contribution in [0.25, 0.3) is 0 Å². The van der Waals surface area contributed by atoms with Crippen LogP contribution in [0.2, 0.25) is 0 Å². The number of hydrogen-bond donors (Lipinski definition) is 1. The number of amides is 1. The van der Waals surface area contributed by atoms with Gasteiger partial charge in [-0.1, -0.05) is 0 Å². The van der Waals surface area contributed by atoms with Crippen molar-refractivity contribution in [2.45, 2.75) is 11.3 Å². The van der Waals surface area contributed by atoms with Gasteiger partial charge in [-0.25, -0.2) is 4.39 Å². The molecular formula is C14H13FN2O4S. The summed E-state index contributed by atoms with van der Waals surface area (Å²) in [5.41, 5.74) is 0. The Morgan fingerprint density at radius 3 is 2.64 bits per heavy atom. The van der Waals surface area contributed by atoms with E-state index in [1.165, 1.54) is 18.2 Å². The molecule has 0 unspecified atom stereocenters. The number of furan rings is 1. The lowest BCUT2D eigenvalue weighted by atomic mass is 10.4. The predicted octanol–water partition coefficient (Wildman–Crippen LogP) is 3.24. The first-order chi connectivity index (χ1) is 10.6. The first-order valence-corrected chi connectivity index (χ1v) is 7.45. The lowest BCUT2D eigenvalue weighted by molar-refractivity contribution is -0.402. The van der Waals surface area contributed by atoms with Crippen molar-refractivity contribution in [3.63, 3.8) is 0 Å². The van der Waals surface area contributed by atoms with Crippen LogP contribution in [0.3, 0.4) is 0 Å². The smallest absolute Gasteiger partial charge is 0.395 e. The van der Waals surface area contributed by atoms with Gasteiger partial charge in [-0.2, -0.15) is 0 Å². The number of nitrogens with one attached hydrogen (secondary N) is 1. The fourth-order valence-electron chi connectivity index (χ4n) is 1.63. The molecule has 1 heterocycles. The minimum atomic E-state index is -0.698. The van der Waals surface area contributed by atoms with E-state index in [4.69, 9.17) is 4.42 Å². The molecule has 6 nitrogen and oxygen atoms in total. The van der Waals surface area contributed by atoms with Crippen LogP contribution in [0.4, 0.5) is 10.3 Å². The maximum absolute atomic E-state index is 12.7. The zero-order valence-corrected chi connectivity index (χ0v) is 12.3. The number of rotatable bonds is 7. The van der Waals surface area contributed by atoms with Gasteiger partial charge in [0.2, 0.25) is 0 Å². The highest BCUT2D eigenvalue weighted by Crippen LogP contribution is 2.19. The van der Waals surface area contributed by atoms with Crippen LogP contribution in [0.1, 0.15) is 17.0 Å². The summed E-state index contributed by atoms with van der Waals surface area (Å²) in [7, 11) is 0. The maximum atomic E-state index is 12.7. The molecule has 8 heteroatoms. The van der Waals surface area contributed by atoms with E-state index in [1.54, 1.807) is 23.9 Å². The average molecular weight is 324 g/mol. The molecule has 1 aromatic carbocycles. The summed E-state index contributed by atoms with van der Waals surface area (Å²) in [6.45, 7) is 0.418. The largest absolute Gasteiger partial charge is 0.433 e. The van der Waals surface area contributed by atoms with Crippen LogP contribution < -0.4 is 5.32 Å². The Labute approximate surface area is 129 Å². The van der Waals surface area contributed by atoms with Crippen molar-refractivity contribution in [1.29, 1.82) is 0 Å². The molecule has 0 bridgehead atoms. The van der Waals surface area contributed by atoms with Crippen LogP contribution in [0.15, 0.2) is 45.7 Å². The highest BCUT2D eigenvalue weighted by Gasteiger charge is 2.16. The van der Waals surface area contributed by atoms with Gasteiger partial charge >= 0.3 is 5.88 Å². The van der Waals surface area contributed by atoms with Crippen molar-refractivity contribution < 1.29 is 18.5 Å². The fourth-order valence-corrected chi connectivity index (χ4v) is 2.48. The normalized spacial score (nSPS) is 10.4. The third-order valence-electron chi connectivity index (χ3n) is 2.68. The van der Waals surface area contributed by atoms with Crippen molar-refractivity contribution >= 4 is 23.6 Å². The number of halogens is 1. The van der Waals surface area contributed by atoms with Crippen LogP contribution >= 0.6 is 11.8 Å². The van der Waals surface area contributed by atoms with E-state index < -0.39 is 16.7 Å². The summed E-state index contributed by atoms with van der Waals surface area (Å²) in [5, 5.41) is 13.1. The number of nitro groups is 1. The molecule has 0 saturated heterocycles. The molecular weight excluding hydrogens is 311 g/mol. The SMILES string of the molecule is O=C(NCCCSc1ccc(F)cc1)c1ccc([N+](=O)[O-])o1. The Balaban J connectivity index is 1.68. The Bertz CT molecular complexity index is 657. The third kappa shape index (κ3) is 4.59. The summed E-state index contributed by atoms with van der Waals surface area (Å²) in [5.74, 6) is -0.552. The average Bonchev–Trinajstić information content (AvgIpc) is 2.99. The van der Waals surface area contributed by atoms with E-state index in [0.29, 0.717) is 13.0 Å². The molecule has 2 rings (SSSR count). The highest BCUT2D eigenvalue weighted by molar-refractivity contribution is 7.99. The van der Waals surface area contributed by atoms with Gasteiger partial charge in [0.1, 0.15) is 10.7 Å². The quantitative estimate of drug-likeness (QED) is 0.366. The molecule has 0 spiro atoms. The Kier molecular flexibility index (Phi) is 5.54. The van der Waals surface area contributed by atoms with E-state index in [9.17, 15) is 19.3 Å². The van der Waals surface area contributed by atoms with Gasteiger partial charge in [-0.15, -0.1) is 11.8 Å². The molecule has 116 valence electrons. The Hall–Kier alpha value is -2.35. The maximum Gasteiger partial charge on any atom is 0.433 e.